The predicted molar refractivity (Wildman–Crippen MR) is 103 cm³/mol. The van der Waals surface area contributed by atoms with Gasteiger partial charge in [0.25, 0.3) is 0 Å². The third kappa shape index (κ3) is 4.35. The topological polar surface area (TPSA) is 70.7 Å². The molecule has 4 saturated carbocycles. The number of ether oxygens (including phenoxy) is 1. The lowest BCUT2D eigenvalue weighted by Crippen LogP contribution is -2.57. The Balaban J connectivity index is 1.22. The van der Waals surface area contributed by atoms with Crippen LogP contribution in [0.5, 0.6) is 0 Å². The number of urea groups is 1. The average Bonchev–Trinajstić information content (AvgIpc) is 3.03. The molecule has 6 nitrogen and oxygen atoms in total. The van der Waals surface area contributed by atoms with E-state index in [1.807, 2.05) is 25.7 Å². The lowest BCUT2D eigenvalue weighted by Gasteiger charge is -2.54. The van der Waals surface area contributed by atoms with E-state index in [9.17, 15) is 9.59 Å². The van der Waals surface area contributed by atoms with Crippen LogP contribution in [0.15, 0.2) is 0 Å². The van der Waals surface area contributed by atoms with Crippen molar-refractivity contribution in [1.82, 2.24) is 15.5 Å². The van der Waals surface area contributed by atoms with E-state index >= 15 is 0 Å². The first-order valence-corrected chi connectivity index (χ1v) is 10.8. The van der Waals surface area contributed by atoms with Crippen LogP contribution in [0.1, 0.15) is 59.3 Å². The van der Waals surface area contributed by atoms with Gasteiger partial charge in [0.2, 0.25) is 0 Å². The standard InChI is InChI=1S/C21H35N3O3/c1-21(2,3)27-20(26)22-11-13-4-5-24(12-13)19(25)23-18-16-7-14-6-15(9-16)10-17(18)8-14/h13-18H,4-12H2,1-3H3,(H,22,26)(H,23,25). The van der Waals surface area contributed by atoms with Crippen LogP contribution in [0.3, 0.4) is 0 Å². The molecule has 4 aliphatic carbocycles. The maximum atomic E-state index is 12.8. The van der Waals surface area contributed by atoms with Crippen LogP contribution in [0, 0.1) is 29.6 Å². The van der Waals surface area contributed by atoms with E-state index < -0.39 is 5.60 Å². The molecule has 2 N–H and O–H groups in total. The number of amides is 3. The van der Waals surface area contributed by atoms with Crippen LogP contribution in [-0.4, -0.2) is 48.3 Å². The number of hydrogen-bond donors (Lipinski definition) is 2. The molecule has 0 radical (unpaired) electrons. The highest BCUT2D eigenvalue weighted by Crippen LogP contribution is 2.53. The number of carbonyl (C=O) groups is 2. The Bertz CT molecular complexity index is 558. The molecule has 5 aliphatic rings. The molecule has 0 aromatic rings. The lowest BCUT2D eigenvalue weighted by molar-refractivity contribution is -0.0108. The highest BCUT2D eigenvalue weighted by molar-refractivity contribution is 5.75. The van der Waals surface area contributed by atoms with E-state index in [2.05, 4.69) is 10.6 Å². The molecular formula is C21H35N3O3. The average molecular weight is 378 g/mol. The summed E-state index contributed by atoms with van der Waals surface area (Å²) in [6, 6.07) is 0.497. The zero-order valence-corrected chi connectivity index (χ0v) is 17.0. The summed E-state index contributed by atoms with van der Waals surface area (Å²) in [7, 11) is 0. The van der Waals surface area contributed by atoms with Gasteiger partial charge in [-0.3, -0.25) is 0 Å². The minimum Gasteiger partial charge on any atom is -0.444 e. The number of carbonyl (C=O) groups excluding carboxylic acids is 2. The van der Waals surface area contributed by atoms with Gasteiger partial charge in [0.1, 0.15) is 5.60 Å². The fourth-order valence-corrected chi connectivity index (χ4v) is 6.12. The molecule has 0 aromatic heterocycles. The first kappa shape index (κ1) is 18.9. The van der Waals surface area contributed by atoms with E-state index in [1.54, 1.807) is 0 Å². The number of alkyl carbamates (subject to hydrolysis) is 1. The fraction of sp³-hybridized carbons (Fsp3) is 0.905. The Kier molecular flexibility index (Phi) is 5.02. The van der Waals surface area contributed by atoms with E-state index in [0.29, 0.717) is 30.3 Å². The van der Waals surface area contributed by atoms with E-state index in [0.717, 1.165) is 31.3 Å². The quantitative estimate of drug-likeness (QED) is 0.792. The molecule has 0 aromatic carbocycles. The van der Waals surface area contributed by atoms with Crippen LogP contribution < -0.4 is 10.6 Å². The van der Waals surface area contributed by atoms with Gasteiger partial charge in [-0.05, 0) is 88.9 Å². The van der Waals surface area contributed by atoms with Crippen LogP contribution >= 0.6 is 0 Å². The second kappa shape index (κ2) is 7.17. The third-order valence-electron chi connectivity index (χ3n) is 7.02. The van der Waals surface area contributed by atoms with Crippen LogP contribution in [-0.2, 0) is 4.74 Å². The van der Waals surface area contributed by atoms with Crippen molar-refractivity contribution in [3.63, 3.8) is 0 Å². The molecule has 5 fully saturated rings. The maximum Gasteiger partial charge on any atom is 0.407 e. The monoisotopic (exact) mass is 377 g/mol. The van der Waals surface area contributed by atoms with Gasteiger partial charge in [-0.15, -0.1) is 0 Å². The zero-order chi connectivity index (χ0) is 19.2. The van der Waals surface area contributed by atoms with Crippen molar-refractivity contribution in [1.29, 1.82) is 0 Å². The van der Waals surface area contributed by atoms with Gasteiger partial charge >= 0.3 is 12.1 Å². The number of likely N-dealkylation sites (tertiary alicyclic amines) is 1. The first-order valence-electron chi connectivity index (χ1n) is 10.8. The first-order chi connectivity index (χ1) is 12.8. The van der Waals surface area contributed by atoms with Crippen molar-refractivity contribution in [2.45, 2.75) is 70.9 Å². The Morgan fingerprint density at radius 3 is 2.26 bits per heavy atom. The third-order valence-corrected chi connectivity index (χ3v) is 7.02. The summed E-state index contributed by atoms with van der Waals surface area (Å²) in [4.78, 5) is 26.6. The Hall–Kier alpha value is -1.46. The fourth-order valence-electron chi connectivity index (χ4n) is 6.12. The van der Waals surface area contributed by atoms with Crippen LogP contribution in [0.2, 0.25) is 0 Å². The molecule has 1 heterocycles. The van der Waals surface area contributed by atoms with Gasteiger partial charge in [-0.25, -0.2) is 9.59 Å². The summed E-state index contributed by atoms with van der Waals surface area (Å²) in [5.74, 6) is 3.57. The number of hydrogen-bond acceptors (Lipinski definition) is 3. The SMILES string of the molecule is CC(C)(C)OC(=O)NCC1CCN(C(=O)NC2C3CC4CC(C3)CC2C4)C1. The van der Waals surface area contributed by atoms with Crippen molar-refractivity contribution >= 4 is 12.1 Å². The molecule has 0 spiro atoms. The molecular weight excluding hydrogens is 342 g/mol. The molecule has 3 amide bonds. The molecule has 6 heteroatoms. The highest BCUT2D eigenvalue weighted by atomic mass is 16.6. The van der Waals surface area contributed by atoms with Gasteiger partial charge in [-0.1, -0.05) is 0 Å². The van der Waals surface area contributed by atoms with E-state index in [4.69, 9.17) is 4.74 Å². The Morgan fingerprint density at radius 1 is 1.04 bits per heavy atom. The smallest absolute Gasteiger partial charge is 0.407 e. The number of nitrogens with one attached hydrogen (secondary N) is 2. The summed E-state index contributed by atoms with van der Waals surface area (Å²) in [6.45, 7) is 7.64. The van der Waals surface area contributed by atoms with Gasteiger partial charge in [0.15, 0.2) is 0 Å². The highest BCUT2D eigenvalue weighted by Gasteiger charge is 2.49. The molecule has 1 aliphatic heterocycles. The van der Waals surface area contributed by atoms with Crippen molar-refractivity contribution in [3.8, 4) is 0 Å². The molecule has 4 bridgehead atoms. The van der Waals surface area contributed by atoms with Gasteiger partial charge < -0.3 is 20.3 Å². The van der Waals surface area contributed by atoms with Crippen molar-refractivity contribution in [2.24, 2.45) is 29.6 Å². The molecule has 1 unspecified atom stereocenters. The molecule has 27 heavy (non-hydrogen) atoms. The predicted octanol–water partition coefficient (Wildman–Crippen LogP) is 3.37. The summed E-state index contributed by atoms with van der Waals surface area (Å²) < 4.78 is 5.28. The van der Waals surface area contributed by atoms with Crippen LogP contribution in [0.4, 0.5) is 9.59 Å². The van der Waals surface area contributed by atoms with E-state index in [-0.39, 0.29) is 12.1 Å². The second-order valence-corrected chi connectivity index (χ2v) is 10.4. The van der Waals surface area contributed by atoms with Crippen LogP contribution in [0.25, 0.3) is 0 Å². The largest absolute Gasteiger partial charge is 0.444 e. The minimum atomic E-state index is -0.482. The molecule has 1 atom stereocenters. The van der Waals surface area contributed by atoms with E-state index in [1.165, 1.54) is 32.1 Å². The minimum absolute atomic E-state index is 0.104. The molecule has 152 valence electrons. The van der Waals surface area contributed by atoms with Crippen molar-refractivity contribution in [2.75, 3.05) is 19.6 Å². The summed E-state index contributed by atoms with van der Waals surface area (Å²) in [5.41, 5.74) is -0.482. The molecule has 5 rings (SSSR count). The summed E-state index contributed by atoms with van der Waals surface area (Å²) in [5, 5.41) is 6.24. The normalized spacial score (nSPS) is 37.4. The second-order valence-electron chi connectivity index (χ2n) is 10.4. The van der Waals surface area contributed by atoms with Gasteiger partial charge in [-0.2, -0.15) is 0 Å². The zero-order valence-electron chi connectivity index (χ0n) is 17.0. The Morgan fingerprint density at radius 2 is 1.67 bits per heavy atom. The lowest BCUT2D eigenvalue weighted by atomic mass is 9.54. The van der Waals surface area contributed by atoms with Crippen molar-refractivity contribution < 1.29 is 14.3 Å². The maximum absolute atomic E-state index is 12.8. The Labute approximate surface area is 162 Å². The number of rotatable bonds is 3. The summed E-state index contributed by atoms with van der Waals surface area (Å²) in [6.07, 6.45) is 7.28. The summed E-state index contributed by atoms with van der Waals surface area (Å²) >= 11 is 0. The van der Waals surface area contributed by atoms with Gasteiger partial charge in [0, 0.05) is 25.7 Å². The van der Waals surface area contributed by atoms with Gasteiger partial charge in [0.05, 0.1) is 0 Å². The number of nitrogens with zero attached hydrogens (tertiary/aromatic N) is 1. The molecule has 1 saturated heterocycles. The van der Waals surface area contributed by atoms with Crippen molar-refractivity contribution in [3.05, 3.63) is 0 Å².